The van der Waals surface area contributed by atoms with E-state index in [0.717, 1.165) is 41.1 Å². The number of aromatic amines is 1. The first-order chi connectivity index (χ1) is 15.5. The van der Waals surface area contributed by atoms with E-state index in [4.69, 9.17) is 11.6 Å². The third kappa shape index (κ3) is 3.39. The van der Waals surface area contributed by atoms with Crippen molar-refractivity contribution in [3.63, 3.8) is 0 Å². The summed E-state index contributed by atoms with van der Waals surface area (Å²) in [5.74, 6) is 1.46. The molecule has 4 heterocycles. The van der Waals surface area contributed by atoms with Gasteiger partial charge in [-0.2, -0.15) is 0 Å². The molecule has 2 aliphatic rings. The summed E-state index contributed by atoms with van der Waals surface area (Å²) in [6.07, 6.45) is 5.30. The maximum absolute atomic E-state index is 12.7. The second-order valence-electron chi connectivity index (χ2n) is 8.41. The van der Waals surface area contributed by atoms with Crippen LogP contribution < -0.4 is 16.0 Å². The number of aryl methyl sites for hydroxylation is 1. The number of halogens is 1. The Bertz CT molecular complexity index is 1330. The van der Waals surface area contributed by atoms with Gasteiger partial charge in [-0.15, -0.1) is 0 Å². The van der Waals surface area contributed by atoms with Gasteiger partial charge in [-0.05, 0) is 36.1 Å². The Morgan fingerprint density at radius 2 is 2.03 bits per heavy atom. The Morgan fingerprint density at radius 3 is 2.81 bits per heavy atom. The highest BCUT2D eigenvalue weighted by atomic mass is 35.5. The number of nitrogens with zero attached hydrogens (tertiary/aromatic N) is 4. The van der Waals surface area contributed by atoms with Crippen LogP contribution in [0.4, 0.5) is 11.6 Å². The Kier molecular flexibility index (Phi) is 4.41. The molecule has 0 radical (unpaired) electrons. The van der Waals surface area contributed by atoms with Gasteiger partial charge in [0.25, 0.3) is 5.91 Å². The lowest BCUT2D eigenvalue weighted by atomic mass is 10.2. The number of fused-ring (bicyclic) bond motifs is 2. The molecule has 162 valence electrons. The summed E-state index contributed by atoms with van der Waals surface area (Å²) < 4.78 is 1.87. The predicted molar refractivity (Wildman–Crippen MR) is 122 cm³/mol. The van der Waals surface area contributed by atoms with Crippen molar-refractivity contribution in [1.29, 1.82) is 0 Å². The van der Waals surface area contributed by atoms with Crippen LogP contribution in [0.2, 0.25) is 5.02 Å². The van der Waals surface area contributed by atoms with Crippen LogP contribution in [0, 0.1) is 11.8 Å². The fourth-order valence-electron chi connectivity index (χ4n) is 4.49. The highest BCUT2D eigenvalue weighted by molar-refractivity contribution is 6.35. The molecule has 1 unspecified atom stereocenters. The fraction of sp³-hybridized carbons (Fsp3) is 0.273. The number of rotatable bonds is 5. The molecule has 1 saturated carbocycles. The number of anilines is 2. The maximum Gasteiger partial charge on any atom is 0.267 e. The molecule has 2 fully saturated rings. The summed E-state index contributed by atoms with van der Waals surface area (Å²) in [4.78, 5) is 29.0. The van der Waals surface area contributed by atoms with Crippen LogP contribution in [0.25, 0.3) is 22.3 Å². The van der Waals surface area contributed by atoms with Crippen molar-refractivity contribution in [1.82, 2.24) is 35.1 Å². The van der Waals surface area contributed by atoms with E-state index >= 15 is 0 Å². The Hall–Kier alpha value is -3.43. The van der Waals surface area contributed by atoms with Crippen LogP contribution in [-0.2, 0) is 7.05 Å². The molecule has 4 aromatic rings. The number of imidazole rings is 1. The van der Waals surface area contributed by atoms with Crippen molar-refractivity contribution in [2.45, 2.75) is 6.04 Å². The van der Waals surface area contributed by atoms with Gasteiger partial charge >= 0.3 is 0 Å². The molecule has 1 amide bonds. The van der Waals surface area contributed by atoms with Crippen LogP contribution >= 0.6 is 11.6 Å². The van der Waals surface area contributed by atoms with E-state index < -0.39 is 0 Å². The smallest absolute Gasteiger partial charge is 0.267 e. The number of hydrogen-bond donors (Lipinski definition) is 4. The van der Waals surface area contributed by atoms with Crippen molar-refractivity contribution in [2.75, 3.05) is 18.4 Å². The van der Waals surface area contributed by atoms with Gasteiger partial charge in [-0.25, -0.2) is 15.0 Å². The first kappa shape index (κ1) is 19.3. The standard InChI is InChI=1S/C22H21ClN8O/c1-31-9-18(26-10-31)16-2-3-25-22(29-16)27-12-4-11-5-17(28-19(11)15(23)6-12)21(32)30-20-13-7-24-8-14(13)20/h2-6,9-10,13-14,20,24,28H,7-8H2,1H3,(H,30,32)(H,25,27,29)/t13-,14+,20?. The van der Waals surface area contributed by atoms with Gasteiger partial charge in [0, 0.05) is 49.6 Å². The van der Waals surface area contributed by atoms with Gasteiger partial charge in [0.2, 0.25) is 5.95 Å². The number of carbonyl (C=O) groups excluding carboxylic acids is 1. The zero-order chi connectivity index (χ0) is 21.8. The van der Waals surface area contributed by atoms with Gasteiger partial charge in [0.1, 0.15) is 11.4 Å². The Morgan fingerprint density at radius 1 is 1.19 bits per heavy atom. The van der Waals surface area contributed by atoms with Gasteiger partial charge in [-0.3, -0.25) is 4.79 Å². The zero-order valence-electron chi connectivity index (χ0n) is 17.3. The third-order valence-corrected chi connectivity index (χ3v) is 6.49. The van der Waals surface area contributed by atoms with E-state index in [1.54, 1.807) is 18.6 Å². The lowest BCUT2D eigenvalue weighted by molar-refractivity contribution is 0.0942. The average molecular weight is 449 g/mol. The van der Waals surface area contributed by atoms with Crippen molar-refractivity contribution in [3.8, 4) is 11.4 Å². The van der Waals surface area contributed by atoms with E-state index in [1.165, 1.54) is 0 Å². The van der Waals surface area contributed by atoms with Crippen LogP contribution in [-0.4, -0.2) is 49.5 Å². The summed E-state index contributed by atoms with van der Waals surface area (Å²) in [7, 11) is 1.91. The number of benzene rings is 1. The van der Waals surface area contributed by atoms with Crippen LogP contribution in [0.3, 0.4) is 0 Å². The van der Waals surface area contributed by atoms with Crippen molar-refractivity contribution < 1.29 is 4.79 Å². The summed E-state index contributed by atoms with van der Waals surface area (Å²) in [5, 5.41) is 11.0. The second kappa shape index (κ2) is 7.32. The average Bonchev–Trinajstić information content (AvgIpc) is 3.26. The SMILES string of the molecule is Cn1cnc(-c2ccnc(Nc3cc(Cl)c4[nH]c(C(=O)NC5[C@H]6CNC[C@@H]56)cc4c3)n2)c1. The van der Waals surface area contributed by atoms with Crippen LogP contribution in [0.1, 0.15) is 10.5 Å². The highest BCUT2D eigenvalue weighted by Crippen LogP contribution is 2.41. The van der Waals surface area contributed by atoms with Crippen molar-refractivity contribution in [2.24, 2.45) is 18.9 Å². The summed E-state index contributed by atoms with van der Waals surface area (Å²) >= 11 is 6.51. The normalized spacial score (nSPS) is 21.5. The number of amides is 1. The molecular weight excluding hydrogens is 428 g/mol. The molecule has 0 spiro atoms. The highest BCUT2D eigenvalue weighted by Gasteiger charge is 2.53. The van der Waals surface area contributed by atoms with Gasteiger partial charge in [0.05, 0.1) is 22.6 Å². The van der Waals surface area contributed by atoms with Crippen molar-refractivity contribution in [3.05, 3.63) is 53.7 Å². The molecule has 1 aliphatic heterocycles. The fourth-order valence-corrected chi connectivity index (χ4v) is 4.77. The van der Waals surface area contributed by atoms with Gasteiger partial charge in [-0.1, -0.05) is 11.6 Å². The van der Waals surface area contributed by atoms with E-state index in [0.29, 0.717) is 28.5 Å². The number of nitrogens with one attached hydrogen (secondary N) is 4. The number of aromatic nitrogens is 5. The predicted octanol–water partition coefficient (Wildman–Crippen LogP) is 2.70. The summed E-state index contributed by atoms with van der Waals surface area (Å²) in [6.45, 7) is 1.96. The van der Waals surface area contributed by atoms with Gasteiger partial charge in [0.15, 0.2) is 0 Å². The minimum atomic E-state index is -0.0995. The van der Waals surface area contributed by atoms with E-state index in [-0.39, 0.29) is 11.9 Å². The molecule has 1 aliphatic carbocycles. The minimum absolute atomic E-state index is 0.0995. The number of hydrogen-bond acceptors (Lipinski definition) is 6. The number of carbonyl (C=O) groups is 1. The quantitative estimate of drug-likeness (QED) is 0.373. The van der Waals surface area contributed by atoms with E-state index in [1.807, 2.05) is 36.0 Å². The summed E-state index contributed by atoms with van der Waals surface area (Å²) in [5.41, 5.74) is 3.45. The molecule has 4 N–H and O–H groups in total. The minimum Gasteiger partial charge on any atom is -0.349 e. The Labute approximate surface area is 188 Å². The maximum atomic E-state index is 12.7. The summed E-state index contributed by atoms with van der Waals surface area (Å²) in [6, 6.07) is 7.61. The molecule has 9 nitrogen and oxygen atoms in total. The topological polar surface area (TPSA) is 113 Å². The second-order valence-corrected chi connectivity index (χ2v) is 8.81. The van der Waals surface area contributed by atoms with Crippen molar-refractivity contribution >= 4 is 40.0 Å². The molecule has 3 aromatic heterocycles. The molecule has 32 heavy (non-hydrogen) atoms. The molecule has 6 rings (SSSR count). The third-order valence-electron chi connectivity index (χ3n) is 6.19. The monoisotopic (exact) mass is 448 g/mol. The largest absolute Gasteiger partial charge is 0.349 e. The number of H-pyrrole nitrogens is 1. The van der Waals surface area contributed by atoms with Gasteiger partial charge < -0.3 is 25.5 Å². The zero-order valence-corrected chi connectivity index (χ0v) is 18.0. The van der Waals surface area contributed by atoms with Crippen LogP contribution in [0.5, 0.6) is 0 Å². The first-order valence-corrected chi connectivity index (χ1v) is 10.9. The molecule has 1 saturated heterocycles. The lowest BCUT2D eigenvalue weighted by Gasteiger charge is -2.07. The Balaban J connectivity index is 1.23. The number of piperidine rings is 1. The van der Waals surface area contributed by atoms with E-state index in [9.17, 15) is 4.79 Å². The molecule has 1 aromatic carbocycles. The molecule has 3 atom stereocenters. The van der Waals surface area contributed by atoms with Crippen LogP contribution in [0.15, 0.2) is 43.0 Å². The molecule has 0 bridgehead atoms. The molecule has 10 heteroatoms. The first-order valence-electron chi connectivity index (χ1n) is 10.5. The molecular formula is C22H21ClN8O. The lowest BCUT2D eigenvalue weighted by Crippen LogP contribution is -2.32. The van der Waals surface area contributed by atoms with E-state index in [2.05, 4.69) is 35.9 Å².